The zero-order valence-corrected chi connectivity index (χ0v) is 18.2. The molecule has 0 aliphatic rings. The standard InChI is InChI=1S/C25H36N2O2/c1-3-5-7-9-10-11-13-21-19-26-24(27-20-21)22-14-16-23(17-15-22)25(28)29-18-12-8-6-4-2/h14-17,19-20H,3-13,18H2,1-2H3. The molecule has 0 bridgehead atoms. The topological polar surface area (TPSA) is 52.1 Å². The number of aromatic nitrogens is 2. The second-order valence-corrected chi connectivity index (χ2v) is 7.71. The number of hydrogen-bond acceptors (Lipinski definition) is 4. The first-order valence-electron chi connectivity index (χ1n) is 11.3. The summed E-state index contributed by atoms with van der Waals surface area (Å²) < 4.78 is 5.33. The average molecular weight is 397 g/mol. The lowest BCUT2D eigenvalue weighted by atomic mass is 10.1. The maximum Gasteiger partial charge on any atom is 0.338 e. The molecule has 0 aliphatic heterocycles. The third-order valence-corrected chi connectivity index (χ3v) is 5.13. The Balaban J connectivity index is 1.78. The van der Waals surface area contributed by atoms with E-state index in [1.807, 2.05) is 24.5 Å². The van der Waals surface area contributed by atoms with Gasteiger partial charge in [0.05, 0.1) is 12.2 Å². The molecule has 0 saturated carbocycles. The van der Waals surface area contributed by atoms with Crippen molar-refractivity contribution < 1.29 is 9.53 Å². The summed E-state index contributed by atoms with van der Waals surface area (Å²) in [6.07, 6.45) is 17.0. The summed E-state index contributed by atoms with van der Waals surface area (Å²) in [6, 6.07) is 7.35. The fourth-order valence-electron chi connectivity index (χ4n) is 3.27. The molecule has 158 valence electrons. The van der Waals surface area contributed by atoms with Crippen LogP contribution in [0.3, 0.4) is 0 Å². The number of aryl methyl sites for hydroxylation is 1. The van der Waals surface area contributed by atoms with E-state index in [4.69, 9.17) is 4.74 Å². The van der Waals surface area contributed by atoms with E-state index in [1.54, 1.807) is 12.1 Å². The molecule has 1 aromatic carbocycles. The smallest absolute Gasteiger partial charge is 0.338 e. The van der Waals surface area contributed by atoms with Crippen LogP contribution in [0.1, 0.15) is 94.0 Å². The molecule has 0 amide bonds. The van der Waals surface area contributed by atoms with Crippen LogP contribution in [0.5, 0.6) is 0 Å². The minimum absolute atomic E-state index is 0.261. The predicted octanol–water partition coefficient (Wildman–Crippen LogP) is 6.78. The van der Waals surface area contributed by atoms with Crippen LogP contribution in [0.15, 0.2) is 36.7 Å². The normalized spacial score (nSPS) is 10.8. The highest BCUT2D eigenvalue weighted by atomic mass is 16.5. The summed E-state index contributed by atoms with van der Waals surface area (Å²) in [5, 5.41) is 0. The Kier molecular flexibility index (Phi) is 11.0. The zero-order valence-electron chi connectivity index (χ0n) is 18.2. The molecule has 0 saturated heterocycles. The Labute approximate surface area is 176 Å². The number of ether oxygens (including phenoxy) is 1. The van der Waals surface area contributed by atoms with E-state index in [-0.39, 0.29) is 5.97 Å². The number of benzene rings is 1. The van der Waals surface area contributed by atoms with Crippen LogP contribution in [0.4, 0.5) is 0 Å². The van der Waals surface area contributed by atoms with Gasteiger partial charge < -0.3 is 4.74 Å². The highest BCUT2D eigenvalue weighted by Gasteiger charge is 2.08. The number of esters is 1. The molecule has 2 aromatic rings. The first kappa shape index (κ1) is 23.1. The lowest BCUT2D eigenvalue weighted by Crippen LogP contribution is -2.06. The number of hydrogen-bond donors (Lipinski definition) is 0. The van der Waals surface area contributed by atoms with Gasteiger partial charge in [-0.2, -0.15) is 0 Å². The van der Waals surface area contributed by atoms with Crippen LogP contribution in [0.25, 0.3) is 11.4 Å². The van der Waals surface area contributed by atoms with E-state index in [0.717, 1.165) is 24.8 Å². The summed E-state index contributed by atoms with van der Waals surface area (Å²) >= 11 is 0. The number of nitrogens with zero attached hydrogens (tertiary/aromatic N) is 2. The van der Waals surface area contributed by atoms with Crippen molar-refractivity contribution in [3.8, 4) is 11.4 Å². The van der Waals surface area contributed by atoms with Crippen molar-refractivity contribution in [2.75, 3.05) is 6.61 Å². The average Bonchev–Trinajstić information content (AvgIpc) is 2.76. The molecule has 0 unspecified atom stereocenters. The van der Waals surface area contributed by atoms with Crippen LogP contribution < -0.4 is 0 Å². The number of unbranched alkanes of at least 4 members (excludes halogenated alkanes) is 8. The Morgan fingerprint density at radius 1 is 0.793 bits per heavy atom. The van der Waals surface area contributed by atoms with Gasteiger partial charge in [0.1, 0.15) is 0 Å². The molecule has 1 heterocycles. The second-order valence-electron chi connectivity index (χ2n) is 7.71. The molecule has 0 fully saturated rings. The van der Waals surface area contributed by atoms with Crippen LogP contribution in [0, 0.1) is 0 Å². The largest absolute Gasteiger partial charge is 0.462 e. The summed E-state index contributed by atoms with van der Waals surface area (Å²) in [6.45, 7) is 4.90. The van der Waals surface area contributed by atoms with Crippen molar-refractivity contribution >= 4 is 5.97 Å². The maximum atomic E-state index is 12.1. The molecule has 0 atom stereocenters. The first-order chi connectivity index (χ1) is 14.2. The molecule has 0 spiro atoms. The number of rotatable bonds is 14. The lowest BCUT2D eigenvalue weighted by Gasteiger charge is -2.06. The molecule has 29 heavy (non-hydrogen) atoms. The van der Waals surface area contributed by atoms with Crippen molar-refractivity contribution in [3.05, 3.63) is 47.8 Å². The summed E-state index contributed by atoms with van der Waals surface area (Å²) in [4.78, 5) is 21.1. The third kappa shape index (κ3) is 8.76. The van der Waals surface area contributed by atoms with Gasteiger partial charge in [-0.15, -0.1) is 0 Å². The predicted molar refractivity (Wildman–Crippen MR) is 119 cm³/mol. The summed E-state index contributed by atoms with van der Waals surface area (Å²) in [5.74, 6) is 0.430. The first-order valence-corrected chi connectivity index (χ1v) is 11.3. The van der Waals surface area contributed by atoms with Gasteiger partial charge >= 0.3 is 5.97 Å². The van der Waals surface area contributed by atoms with Gasteiger partial charge in [0, 0.05) is 18.0 Å². The van der Waals surface area contributed by atoms with Gasteiger partial charge in [-0.1, -0.05) is 77.3 Å². The summed E-state index contributed by atoms with van der Waals surface area (Å²) in [7, 11) is 0. The second kappa shape index (κ2) is 13.9. The van der Waals surface area contributed by atoms with Crippen LogP contribution in [-0.4, -0.2) is 22.5 Å². The van der Waals surface area contributed by atoms with Gasteiger partial charge in [0.15, 0.2) is 5.82 Å². The van der Waals surface area contributed by atoms with Crippen molar-refractivity contribution in [3.63, 3.8) is 0 Å². The highest BCUT2D eigenvalue weighted by molar-refractivity contribution is 5.89. The van der Waals surface area contributed by atoms with Crippen molar-refractivity contribution in [2.24, 2.45) is 0 Å². The minimum atomic E-state index is -0.261. The van der Waals surface area contributed by atoms with Crippen molar-refractivity contribution in [1.29, 1.82) is 0 Å². The molecular formula is C25H36N2O2. The quantitative estimate of drug-likeness (QED) is 0.261. The molecule has 2 rings (SSSR count). The fraction of sp³-hybridized carbons (Fsp3) is 0.560. The van der Waals surface area contributed by atoms with Crippen molar-refractivity contribution in [1.82, 2.24) is 9.97 Å². The maximum absolute atomic E-state index is 12.1. The van der Waals surface area contributed by atoms with E-state index in [0.29, 0.717) is 18.0 Å². The third-order valence-electron chi connectivity index (χ3n) is 5.13. The van der Waals surface area contributed by atoms with E-state index < -0.39 is 0 Å². The molecule has 0 radical (unpaired) electrons. The van der Waals surface area contributed by atoms with E-state index >= 15 is 0 Å². The van der Waals surface area contributed by atoms with E-state index in [2.05, 4.69) is 23.8 Å². The molecule has 0 N–H and O–H groups in total. The number of carbonyl (C=O) groups is 1. The fourth-order valence-corrected chi connectivity index (χ4v) is 3.27. The molecule has 1 aromatic heterocycles. The molecule has 4 nitrogen and oxygen atoms in total. The van der Waals surface area contributed by atoms with Crippen LogP contribution in [0.2, 0.25) is 0 Å². The van der Waals surface area contributed by atoms with Gasteiger partial charge in [0.25, 0.3) is 0 Å². The number of carbonyl (C=O) groups excluding carboxylic acids is 1. The Bertz CT molecular complexity index is 696. The lowest BCUT2D eigenvalue weighted by molar-refractivity contribution is 0.0498. The van der Waals surface area contributed by atoms with Gasteiger partial charge in [-0.05, 0) is 37.0 Å². The Morgan fingerprint density at radius 2 is 1.38 bits per heavy atom. The SMILES string of the molecule is CCCCCCCCc1cnc(-c2ccc(C(=O)OCCCCCC)cc2)nc1. The summed E-state index contributed by atoms with van der Waals surface area (Å²) in [5.41, 5.74) is 2.67. The van der Waals surface area contributed by atoms with Gasteiger partial charge in [-0.25, -0.2) is 14.8 Å². The highest BCUT2D eigenvalue weighted by Crippen LogP contribution is 2.17. The zero-order chi connectivity index (χ0) is 20.7. The van der Waals surface area contributed by atoms with E-state index in [9.17, 15) is 4.79 Å². The van der Waals surface area contributed by atoms with Crippen molar-refractivity contribution in [2.45, 2.75) is 84.5 Å². The Hall–Kier alpha value is -2.23. The Morgan fingerprint density at radius 3 is 2.03 bits per heavy atom. The van der Waals surface area contributed by atoms with E-state index in [1.165, 1.54) is 56.9 Å². The monoisotopic (exact) mass is 396 g/mol. The van der Waals surface area contributed by atoms with Crippen LogP contribution in [-0.2, 0) is 11.2 Å². The molecule has 4 heteroatoms. The molecular weight excluding hydrogens is 360 g/mol. The van der Waals surface area contributed by atoms with Gasteiger partial charge in [0.2, 0.25) is 0 Å². The van der Waals surface area contributed by atoms with Crippen LogP contribution >= 0.6 is 0 Å². The molecule has 0 aliphatic carbocycles. The minimum Gasteiger partial charge on any atom is -0.462 e. The van der Waals surface area contributed by atoms with Gasteiger partial charge in [-0.3, -0.25) is 0 Å².